The maximum absolute atomic E-state index is 13.4. The highest BCUT2D eigenvalue weighted by atomic mass is 19.3. The van der Waals surface area contributed by atoms with Gasteiger partial charge in [0, 0.05) is 64.7 Å². The molecule has 7 heteroatoms. The molecule has 0 N–H and O–H groups in total. The predicted octanol–water partition coefficient (Wildman–Crippen LogP) is 3.34. The van der Waals surface area contributed by atoms with Crippen LogP contribution in [0.3, 0.4) is 0 Å². The lowest BCUT2D eigenvalue weighted by Crippen LogP contribution is -2.46. The Kier molecular flexibility index (Phi) is 5.44. The molecule has 2 aromatic rings. The minimum Gasteiger partial charge on any atom is -0.356 e. The van der Waals surface area contributed by atoms with Crippen molar-refractivity contribution < 1.29 is 8.78 Å². The van der Waals surface area contributed by atoms with Gasteiger partial charge < -0.3 is 9.80 Å². The molecule has 4 rings (SSSR count). The number of alkyl halides is 2. The topological polar surface area (TPSA) is 35.5 Å². The Morgan fingerprint density at radius 3 is 2.04 bits per heavy atom. The lowest BCUT2D eigenvalue weighted by Gasteiger charge is -2.36. The Labute approximate surface area is 165 Å². The molecule has 1 aromatic carbocycles. The van der Waals surface area contributed by atoms with Gasteiger partial charge in [0.15, 0.2) is 0 Å². The average Bonchev–Trinajstić information content (AvgIpc) is 2.70. The second kappa shape index (κ2) is 7.99. The van der Waals surface area contributed by atoms with E-state index in [0.29, 0.717) is 13.1 Å². The van der Waals surface area contributed by atoms with E-state index < -0.39 is 5.92 Å². The van der Waals surface area contributed by atoms with Gasteiger partial charge in [0.05, 0.1) is 0 Å². The molecule has 1 aromatic heterocycles. The molecule has 0 unspecified atom stereocenters. The summed E-state index contributed by atoms with van der Waals surface area (Å²) in [7, 11) is 0. The molecule has 0 spiro atoms. The van der Waals surface area contributed by atoms with Crippen LogP contribution in [0.15, 0.2) is 36.7 Å². The lowest BCUT2D eigenvalue weighted by molar-refractivity contribution is -0.0221. The first kappa shape index (κ1) is 19.1. The monoisotopic (exact) mass is 387 g/mol. The van der Waals surface area contributed by atoms with Gasteiger partial charge in [-0.05, 0) is 12.5 Å². The number of aromatic nitrogens is 2. The average molecular weight is 387 g/mol. The van der Waals surface area contributed by atoms with Crippen LogP contribution in [0.2, 0.25) is 0 Å². The molecule has 2 saturated heterocycles. The van der Waals surface area contributed by atoms with Gasteiger partial charge in [0.2, 0.25) is 0 Å². The van der Waals surface area contributed by atoms with Crippen molar-refractivity contribution in [3.8, 4) is 0 Å². The summed E-state index contributed by atoms with van der Waals surface area (Å²) in [5.74, 6) is -0.903. The summed E-state index contributed by atoms with van der Waals surface area (Å²) in [5, 5.41) is 0. The quantitative estimate of drug-likeness (QED) is 0.804. The van der Waals surface area contributed by atoms with Gasteiger partial charge in [0.1, 0.15) is 18.0 Å². The molecule has 2 aliphatic heterocycles. The number of nitrogens with zero attached hydrogens (tertiary/aromatic N) is 5. The van der Waals surface area contributed by atoms with Crippen LogP contribution in [0.1, 0.15) is 24.0 Å². The van der Waals surface area contributed by atoms with E-state index in [1.54, 1.807) is 6.33 Å². The number of hydrogen-bond donors (Lipinski definition) is 0. The fraction of sp³-hybridized carbons (Fsp3) is 0.524. The second-order valence-corrected chi connectivity index (χ2v) is 7.83. The summed E-state index contributed by atoms with van der Waals surface area (Å²) in [6.45, 7) is 7.51. The highest BCUT2D eigenvalue weighted by molar-refractivity contribution is 5.50. The standard InChI is InChI=1S/C21H27F2N5/c1-17-2-4-18(5-3-17)15-26-10-12-28(13-11-26)20-14-19(24-16-25-20)27-8-6-21(22,23)7-9-27/h2-5,14,16H,6-13,15H2,1H3. The minimum atomic E-state index is -2.54. The van der Waals surface area contributed by atoms with Crippen molar-refractivity contribution >= 4 is 11.6 Å². The molecule has 28 heavy (non-hydrogen) atoms. The molecule has 0 amide bonds. The van der Waals surface area contributed by atoms with Gasteiger partial charge in [-0.3, -0.25) is 4.90 Å². The number of aryl methyl sites for hydroxylation is 1. The van der Waals surface area contributed by atoms with Crippen molar-refractivity contribution in [2.45, 2.75) is 32.2 Å². The van der Waals surface area contributed by atoms with E-state index in [1.165, 1.54) is 11.1 Å². The van der Waals surface area contributed by atoms with Gasteiger partial charge in [-0.25, -0.2) is 18.7 Å². The first-order chi connectivity index (χ1) is 13.5. The van der Waals surface area contributed by atoms with Crippen molar-refractivity contribution in [2.75, 3.05) is 49.1 Å². The molecule has 0 atom stereocenters. The SMILES string of the molecule is Cc1ccc(CN2CCN(c3cc(N4CCC(F)(F)CC4)ncn3)CC2)cc1. The number of anilines is 2. The zero-order valence-electron chi connectivity index (χ0n) is 16.3. The summed E-state index contributed by atoms with van der Waals surface area (Å²) in [6.07, 6.45) is 1.34. The summed E-state index contributed by atoms with van der Waals surface area (Å²) in [4.78, 5) is 15.4. The molecule has 0 saturated carbocycles. The number of rotatable bonds is 4. The van der Waals surface area contributed by atoms with Crippen LogP contribution in [-0.4, -0.2) is 60.1 Å². The van der Waals surface area contributed by atoms with Gasteiger partial charge in [-0.2, -0.15) is 0 Å². The molecule has 0 radical (unpaired) electrons. The maximum Gasteiger partial charge on any atom is 0.251 e. The molecule has 0 aliphatic carbocycles. The van der Waals surface area contributed by atoms with Crippen LogP contribution in [0.5, 0.6) is 0 Å². The summed E-state index contributed by atoms with van der Waals surface area (Å²) >= 11 is 0. The number of piperidine rings is 1. The summed E-state index contributed by atoms with van der Waals surface area (Å²) in [6, 6.07) is 10.6. The number of halogens is 2. The highest BCUT2D eigenvalue weighted by Gasteiger charge is 2.34. The Morgan fingerprint density at radius 1 is 0.857 bits per heavy atom. The fourth-order valence-electron chi connectivity index (χ4n) is 3.83. The van der Waals surface area contributed by atoms with E-state index in [9.17, 15) is 8.78 Å². The van der Waals surface area contributed by atoms with Crippen LogP contribution in [-0.2, 0) is 6.54 Å². The predicted molar refractivity (Wildman–Crippen MR) is 107 cm³/mol. The van der Waals surface area contributed by atoms with Crippen LogP contribution in [0.4, 0.5) is 20.4 Å². The summed E-state index contributed by atoms with van der Waals surface area (Å²) < 4.78 is 26.8. The van der Waals surface area contributed by atoms with Crippen molar-refractivity contribution in [3.05, 3.63) is 47.8 Å². The first-order valence-electron chi connectivity index (χ1n) is 9.96. The van der Waals surface area contributed by atoms with Gasteiger partial charge in [-0.1, -0.05) is 29.8 Å². The third-order valence-electron chi connectivity index (χ3n) is 5.68. The molecule has 0 bridgehead atoms. The number of hydrogen-bond acceptors (Lipinski definition) is 5. The van der Waals surface area contributed by atoms with E-state index >= 15 is 0 Å². The maximum atomic E-state index is 13.4. The normalized spacial score (nSPS) is 20.4. The molecule has 3 heterocycles. The lowest BCUT2D eigenvalue weighted by atomic mass is 10.1. The van der Waals surface area contributed by atoms with Gasteiger partial charge in [-0.15, -0.1) is 0 Å². The molecular formula is C21H27F2N5. The second-order valence-electron chi connectivity index (χ2n) is 7.83. The summed E-state index contributed by atoms with van der Waals surface area (Å²) in [5.41, 5.74) is 2.62. The Hall–Kier alpha value is -2.28. The minimum absolute atomic E-state index is 0.107. The Bertz CT molecular complexity index is 778. The van der Waals surface area contributed by atoms with Crippen molar-refractivity contribution in [3.63, 3.8) is 0 Å². The van der Waals surface area contributed by atoms with E-state index in [1.807, 2.05) is 11.0 Å². The highest BCUT2D eigenvalue weighted by Crippen LogP contribution is 2.30. The zero-order valence-corrected chi connectivity index (χ0v) is 16.3. The first-order valence-corrected chi connectivity index (χ1v) is 9.96. The van der Waals surface area contributed by atoms with Crippen LogP contribution in [0, 0.1) is 6.92 Å². The van der Waals surface area contributed by atoms with Crippen LogP contribution in [0.25, 0.3) is 0 Å². The molecule has 150 valence electrons. The molecule has 2 aliphatic rings. The van der Waals surface area contributed by atoms with Gasteiger partial charge in [0.25, 0.3) is 5.92 Å². The van der Waals surface area contributed by atoms with Crippen molar-refractivity contribution in [1.29, 1.82) is 0 Å². The molecular weight excluding hydrogens is 360 g/mol. The Balaban J connectivity index is 1.34. The van der Waals surface area contributed by atoms with Crippen molar-refractivity contribution in [1.82, 2.24) is 14.9 Å². The third kappa shape index (κ3) is 4.58. The smallest absolute Gasteiger partial charge is 0.251 e. The van der Waals surface area contributed by atoms with Crippen molar-refractivity contribution in [2.24, 2.45) is 0 Å². The van der Waals surface area contributed by atoms with E-state index in [2.05, 4.69) is 51.0 Å². The largest absolute Gasteiger partial charge is 0.356 e. The number of piperazine rings is 1. The van der Waals surface area contributed by atoms with E-state index in [0.717, 1.165) is 44.4 Å². The van der Waals surface area contributed by atoms with Crippen LogP contribution < -0.4 is 9.80 Å². The fourth-order valence-corrected chi connectivity index (χ4v) is 3.83. The van der Waals surface area contributed by atoms with Crippen LogP contribution >= 0.6 is 0 Å². The van der Waals surface area contributed by atoms with E-state index in [-0.39, 0.29) is 12.8 Å². The van der Waals surface area contributed by atoms with Gasteiger partial charge >= 0.3 is 0 Å². The Morgan fingerprint density at radius 2 is 1.43 bits per heavy atom. The van der Waals surface area contributed by atoms with E-state index in [4.69, 9.17) is 0 Å². The number of benzene rings is 1. The zero-order chi connectivity index (χ0) is 19.6. The third-order valence-corrected chi connectivity index (χ3v) is 5.68. The molecule has 5 nitrogen and oxygen atoms in total. The molecule has 2 fully saturated rings.